The fourth-order valence-corrected chi connectivity index (χ4v) is 2.20. The highest BCUT2D eigenvalue weighted by atomic mass is 19.1. The Morgan fingerprint density at radius 1 is 1.31 bits per heavy atom. The largest absolute Gasteiger partial charge is 0.309 e. The summed E-state index contributed by atoms with van der Waals surface area (Å²) >= 11 is 0. The van der Waals surface area contributed by atoms with Crippen LogP contribution in [-0.4, -0.2) is 32.1 Å². The number of hydrazine groups is 1. The smallest absolute Gasteiger partial charge is 0.123 e. The molecule has 0 amide bonds. The first-order valence-corrected chi connectivity index (χ1v) is 5.55. The Hall–Kier alpha value is -0.970. The van der Waals surface area contributed by atoms with E-state index in [1.165, 1.54) is 12.1 Å². The zero-order valence-corrected chi connectivity index (χ0v) is 9.70. The second kappa shape index (κ2) is 4.91. The molecule has 16 heavy (non-hydrogen) atoms. The van der Waals surface area contributed by atoms with E-state index in [-0.39, 0.29) is 11.9 Å². The molecule has 0 radical (unpaired) electrons. The lowest BCUT2D eigenvalue weighted by Crippen LogP contribution is -2.28. The van der Waals surface area contributed by atoms with Crippen molar-refractivity contribution in [3.8, 4) is 0 Å². The molecule has 0 saturated carbocycles. The van der Waals surface area contributed by atoms with Crippen molar-refractivity contribution in [1.82, 2.24) is 15.8 Å². The molecule has 1 fully saturated rings. The lowest BCUT2D eigenvalue weighted by atomic mass is 9.94. The second-order valence-electron chi connectivity index (χ2n) is 4.58. The SMILES string of the molecule is CN(C)CC1CNNC1c1ccc(F)cc1. The average Bonchev–Trinajstić information content (AvgIpc) is 2.66. The van der Waals surface area contributed by atoms with Crippen LogP contribution in [0.5, 0.6) is 0 Å². The van der Waals surface area contributed by atoms with Crippen molar-refractivity contribution < 1.29 is 4.39 Å². The number of benzene rings is 1. The van der Waals surface area contributed by atoms with E-state index in [0.29, 0.717) is 5.92 Å². The molecule has 0 aromatic heterocycles. The lowest BCUT2D eigenvalue weighted by molar-refractivity contribution is 0.314. The monoisotopic (exact) mass is 223 g/mol. The van der Waals surface area contributed by atoms with Crippen LogP contribution in [0, 0.1) is 11.7 Å². The van der Waals surface area contributed by atoms with Crippen LogP contribution < -0.4 is 10.9 Å². The topological polar surface area (TPSA) is 27.3 Å². The summed E-state index contributed by atoms with van der Waals surface area (Å²) in [5, 5.41) is 0. The van der Waals surface area contributed by atoms with E-state index in [1.807, 2.05) is 12.1 Å². The van der Waals surface area contributed by atoms with Crippen molar-refractivity contribution >= 4 is 0 Å². The molecule has 1 aromatic carbocycles. The molecule has 1 aromatic rings. The fraction of sp³-hybridized carbons (Fsp3) is 0.500. The molecule has 1 saturated heterocycles. The second-order valence-corrected chi connectivity index (χ2v) is 4.58. The fourth-order valence-electron chi connectivity index (χ4n) is 2.20. The molecule has 1 aliphatic heterocycles. The van der Waals surface area contributed by atoms with Gasteiger partial charge in [0.25, 0.3) is 0 Å². The maximum Gasteiger partial charge on any atom is 0.123 e. The van der Waals surface area contributed by atoms with Gasteiger partial charge < -0.3 is 4.90 Å². The first-order chi connectivity index (χ1) is 7.66. The van der Waals surface area contributed by atoms with Crippen LogP contribution in [0.1, 0.15) is 11.6 Å². The van der Waals surface area contributed by atoms with Gasteiger partial charge in [-0.2, -0.15) is 0 Å². The number of hydrogen-bond donors (Lipinski definition) is 2. The van der Waals surface area contributed by atoms with Gasteiger partial charge in [-0.3, -0.25) is 5.43 Å². The van der Waals surface area contributed by atoms with Crippen LogP contribution in [-0.2, 0) is 0 Å². The zero-order valence-electron chi connectivity index (χ0n) is 9.70. The maximum atomic E-state index is 12.8. The Labute approximate surface area is 95.6 Å². The maximum absolute atomic E-state index is 12.8. The Kier molecular flexibility index (Phi) is 3.53. The van der Waals surface area contributed by atoms with Gasteiger partial charge in [-0.15, -0.1) is 0 Å². The van der Waals surface area contributed by atoms with Crippen molar-refractivity contribution in [3.05, 3.63) is 35.6 Å². The molecular formula is C12H18FN3. The molecule has 2 rings (SSSR count). The van der Waals surface area contributed by atoms with E-state index in [1.54, 1.807) is 0 Å². The van der Waals surface area contributed by atoms with Crippen molar-refractivity contribution in [2.24, 2.45) is 5.92 Å². The molecule has 0 spiro atoms. The molecule has 88 valence electrons. The number of hydrogen-bond acceptors (Lipinski definition) is 3. The van der Waals surface area contributed by atoms with Gasteiger partial charge in [0.15, 0.2) is 0 Å². The summed E-state index contributed by atoms with van der Waals surface area (Å²) in [5.74, 6) is 0.333. The molecule has 2 atom stereocenters. The summed E-state index contributed by atoms with van der Waals surface area (Å²) in [6.07, 6.45) is 0. The van der Waals surface area contributed by atoms with Crippen LogP contribution in [0.4, 0.5) is 4.39 Å². The molecule has 2 N–H and O–H groups in total. The van der Waals surface area contributed by atoms with Gasteiger partial charge in [-0.25, -0.2) is 9.82 Å². The van der Waals surface area contributed by atoms with Gasteiger partial charge in [-0.05, 0) is 31.8 Å². The molecule has 3 nitrogen and oxygen atoms in total. The third kappa shape index (κ3) is 2.58. The van der Waals surface area contributed by atoms with E-state index in [0.717, 1.165) is 18.7 Å². The minimum Gasteiger partial charge on any atom is -0.309 e. The summed E-state index contributed by atoms with van der Waals surface area (Å²) in [6, 6.07) is 7.00. The summed E-state index contributed by atoms with van der Waals surface area (Å²) < 4.78 is 12.8. The molecular weight excluding hydrogens is 205 g/mol. The molecule has 0 aliphatic carbocycles. The third-order valence-electron chi connectivity index (χ3n) is 2.92. The minimum absolute atomic E-state index is 0.182. The Bertz CT molecular complexity index is 337. The van der Waals surface area contributed by atoms with Gasteiger partial charge in [0.2, 0.25) is 0 Å². The van der Waals surface area contributed by atoms with Gasteiger partial charge in [0.05, 0.1) is 6.04 Å². The highest BCUT2D eigenvalue weighted by Crippen LogP contribution is 2.25. The van der Waals surface area contributed by atoms with Crippen LogP contribution in [0.15, 0.2) is 24.3 Å². The minimum atomic E-state index is -0.182. The Balaban J connectivity index is 2.10. The average molecular weight is 223 g/mol. The standard InChI is InChI=1S/C12H18FN3/c1-16(2)8-10-7-14-15-12(10)9-3-5-11(13)6-4-9/h3-6,10,12,14-15H,7-8H2,1-2H3. The van der Waals surface area contributed by atoms with E-state index < -0.39 is 0 Å². The summed E-state index contributed by atoms with van der Waals surface area (Å²) in [6.45, 7) is 1.96. The first-order valence-electron chi connectivity index (χ1n) is 5.55. The normalized spacial score (nSPS) is 25.2. The van der Waals surface area contributed by atoms with Crippen molar-refractivity contribution in [3.63, 3.8) is 0 Å². The van der Waals surface area contributed by atoms with Crippen molar-refractivity contribution in [1.29, 1.82) is 0 Å². The lowest BCUT2D eigenvalue weighted by Gasteiger charge is -2.22. The van der Waals surface area contributed by atoms with Crippen molar-refractivity contribution in [2.75, 3.05) is 27.2 Å². The molecule has 0 bridgehead atoms. The van der Waals surface area contributed by atoms with E-state index in [2.05, 4.69) is 29.8 Å². The van der Waals surface area contributed by atoms with Crippen LogP contribution in [0.2, 0.25) is 0 Å². The number of nitrogens with one attached hydrogen (secondary N) is 2. The molecule has 1 aliphatic rings. The summed E-state index contributed by atoms with van der Waals surface area (Å²) in [4.78, 5) is 2.18. The quantitative estimate of drug-likeness (QED) is 0.805. The van der Waals surface area contributed by atoms with Gasteiger partial charge in [0, 0.05) is 19.0 Å². The van der Waals surface area contributed by atoms with Crippen LogP contribution >= 0.6 is 0 Å². The van der Waals surface area contributed by atoms with E-state index in [9.17, 15) is 4.39 Å². The molecule has 4 heteroatoms. The highest BCUT2D eigenvalue weighted by Gasteiger charge is 2.28. The zero-order chi connectivity index (χ0) is 11.5. The van der Waals surface area contributed by atoms with E-state index in [4.69, 9.17) is 0 Å². The molecule has 2 unspecified atom stereocenters. The van der Waals surface area contributed by atoms with E-state index >= 15 is 0 Å². The summed E-state index contributed by atoms with van der Waals surface area (Å²) in [5.41, 5.74) is 7.56. The van der Waals surface area contributed by atoms with Crippen LogP contribution in [0.25, 0.3) is 0 Å². The number of nitrogens with zero attached hydrogens (tertiary/aromatic N) is 1. The first kappa shape index (κ1) is 11.5. The number of halogens is 1. The Morgan fingerprint density at radius 2 is 2.00 bits per heavy atom. The molecule has 1 heterocycles. The van der Waals surface area contributed by atoms with Gasteiger partial charge in [0.1, 0.15) is 5.82 Å². The highest BCUT2D eigenvalue weighted by molar-refractivity contribution is 5.21. The number of rotatable bonds is 3. The Morgan fingerprint density at radius 3 is 2.62 bits per heavy atom. The van der Waals surface area contributed by atoms with Gasteiger partial charge in [-0.1, -0.05) is 12.1 Å². The van der Waals surface area contributed by atoms with Crippen LogP contribution in [0.3, 0.4) is 0 Å². The van der Waals surface area contributed by atoms with Gasteiger partial charge >= 0.3 is 0 Å². The predicted octanol–water partition coefficient (Wildman–Crippen LogP) is 1.15. The van der Waals surface area contributed by atoms with Crippen molar-refractivity contribution in [2.45, 2.75) is 6.04 Å². The third-order valence-corrected chi connectivity index (χ3v) is 2.92. The summed E-state index contributed by atoms with van der Waals surface area (Å²) in [7, 11) is 4.14. The predicted molar refractivity (Wildman–Crippen MR) is 62.3 cm³/mol.